The summed E-state index contributed by atoms with van der Waals surface area (Å²) in [5.41, 5.74) is -0.287. The molecule has 0 aromatic heterocycles. The van der Waals surface area contributed by atoms with Crippen LogP contribution in [0.5, 0.6) is 0 Å². The Bertz CT molecular complexity index is 139. The predicted octanol–water partition coefficient (Wildman–Crippen LogP) is 1.41. The Balaban J connectivity index is 3.74. The molecule has 86 valence electrons. The van der Waals surface area contributed by atoms with Crippen molar-refractivity contribution in [3.8, 4) is 0 Å². The average molecular weight is 203 g/mol. The van der Waals surface area contributed by atoms with E-state index in [-0.39, 0.29) is 12.1 Å². The first-order chi connectivity index (χ1) is 6.54. The van der Waals surface area contributed by atoms with E-state index >= 15 is 0 Å². The Labute approximate surface area is 87.8 Å². The van der Waals surface area contributed by atoms with Gasteiger partial charge in [-0.15, -0.1) is 0 Å². The average Bonchev–Trinajstić information content (AvgIpc) is 2.14. The number of ether oxygens (including phenoxy) is 1. The van der Waals surface area contributed by atoms with Crippen molar-refractivity contribution in [3.63, 3.8) is 0 Å². The van der Waals surface area contributed by atoms with E-state index in [2.05, 4.69) is 26.1 Å². The molecule has 3 nitrogen and oxygen atoms in total. The van der Waals surface area contributed by atoms with Gasteiger partial charge in [0.15, 0.2) is 0 Å². The fourth-order valence-corrected chi connectivity index (χ4v) is 1.10. The SMILES string of the molecule is CCCNC(C)(CO)COCC(C)C. The van der Waals surface area contributed by atoms with Crippen LogP contribution in [0.4, 0.5) is 0 Å². The van der Waals surface area contributed by atoms with Gasteiger partial charge in [0, 0.05) is 6.61 Å². The fourth-order valence-electron chi connectivity index (χ4n) is 1.10. The standard InChI is InChI=1S/C11H25NO2/c1-5-6-12-11(4,8-13)9-14-7-10(2)3/h10,12-13H,5-9H2,1-4H3. The number of aliphatic hydroxyl groups is 1. The van der Waals surface area contributed by atoms with Crippen LogP contribution in [-0.2, 0) is 4.74 Å². The van der Waals surface area contributed by atoms with Crippen molar-refractivity contribution < 1.29 is 9.84 Å². The predicted molar refractivity (Wildman–Crippen MR) is 59.4 cm³/mol. The van der Waals surface area contributed by atoms with Crippen LogP contribution in [0.3, 0.4) is 0 Å². The molecule has 0 fully saturated rings. The number of aliphatic hydroxyl groups excluding tert-OH is 1. The lowest BCUT2D eigenvalue weighted by molar-refractivity contribution is 0.0329. The molecular formula is C11H25NO2. The van der Waals surface area contributed by atoms with E-state index < -0.39 is 0 Å². The van der Waals surface area contributed by atoms with Gasteiger partial charge < -0.3 is 15.2 Å². The van der Waals surface area contributed by atoms with Crippen LogP contribution in [-0.4, -0.2) is 37.0 Å². The molecule has 0 heterocycles. The topological polar surface area (TPSA) is 41.5 Å². The Kier molecular flexibility index (Phi) is 7.15. The first kappa shape index (κ1) is 13.9. The smallest absolute Gasteiger partial charge is 0.0668 e. The maximum atomic E-state index is 9.23. The highest BCUT2D eigenvalue weighted by Crippen LogP contribution is 2.05. The summed E-state index contributed by atoms with van der Waals surface area (Å²) in [7, 11) is 0. The van der Waals surface area contributed by atoms with Gasteiger partial charge in [0.25, 0.3) is 0 Å². The van der Waals surface area contributed by atoms with Crippen LogP contribution in [0, 0.1) is 5.92 Å². The van der Waals surface area contributed by atoms with Gasteiger partial charge >= 0.3 is 0 Å². The zero-order chi connectivity index (χ0) is 11.0. The molecule has 0 saturated heterocycles. The van der Waals surface area contributed by atoms with Crippen molar-refractivity contribution in [1.82, 2.24) is 5.32 Å². The second-order valence-corrected chi connectivity index (χ2v) is 4.55. The van der Waals surface area contributed by atoms with Gasteiger partial charge in [-0.05, 0) is 25.8 Å². The molecule has 0 aromatic rings. The molecular weight excluding hydrogens is 178 g/mol. The third kappa shape index (κ3) is 6.35. The van der Waals surface area contributed by atoms with Crippen molar-refractivity contribution in [1.29, 1.82) is 0 Å². The monoisotopic (exact) mass is 203 g/mol. The van der Waals surface area contributed by atoms with Crippen molar-refractivity contribution in [2.75, 3.05) is 26.4 Å². The minimum Gasteiger partial charge on any atom is -0.394 e. The molecule has 0 spiro atoms. The molecule has 3 heteroatoms. The van der Waals surface area contributed by atoms with Crippen LogP contribution >= 0.6 is 0 Å². The van der Waals surface area contributed by atoms with E-state index in [0.29, 0.717) is 12.5 Å². The molecule has 0 aliphatic heterocycles. The van der Waals surface area contributed by atoms with Crippen molar-refractivity contribution in [3.05, 3.63) is 0 Å². The molecule has 0 aliphatic carbocycles. The quantitative estimate of drug-likeness (QED) is 0.627. The molecule has 14 heavy (non-hydrogen) atoms. The van der Waals surface area contributed by atoms with Crippen LogP contribution in [0.1, 0.15) is 34.1 Å². The minimum atomic E-state index is -0.287. The summed E-state index contributed by atoms with van der Waals surface area (Å²) in [6.07, 6.45) is 1.07. The minimum absolute atomic E-state index is 0.116. The van der Waals surface area contributed by atoms with Gasteiger partial charge in [-0.3, -0.25) is 0 Å². The molecule has 0 saturated carbocycles. The highest BCUT2D eigenvalue weighted by Gasteiger charge is 2.22. The van der Waals surface area contributed by atoms with Gasteiger partial charge in [0.05, 0.1) is 18.8 Å². The Morgan fingerprint density at radius 3 is 2.50 bits per heavy atom. The maximum absolute atomic E-state index is 9.23. The molecule has 2 N–H and O–H groups in total. The number of nitrogens with one attached hydrogen (secondary N) is 1. The third-order valence-electron chi connectivity index (χ3n) is 2.02. The molecule has 0 bridgehead atoms. The maximum Gasteiger partial charge on any atom is 0.0668 e. The molecule has 1 atom stereocenters. The summed E-state index contributed by atoms with van der Waals surface area (Å²) in [5.74, 6) is 0.545. The first-order valence-electron chi connectivity index (χ1n) is 5.47. The van der Waals surface area contributed by atoms with Crippen LogP contribution in [0.2, 0.25) is 0 Å². The van der Waals surface area contributed by atoms with E-state index in [1.807, 2.05) is 6.92 Å². The highest BCUT2D eigenvalue weighted by molar-refractivity contribution is 4.81. The van der Waals surface area contributed by atoms with Crippen LogP contribution in [0.15, 0.2) is 0 Å². The van der Waals surface area contributed by atoms with Gasteiger partial charge in [-0.1, -0.05) is 20.8 Å². The third-order valence-corrected chi connectivity index (χ3v) is 2.02. The molecule has 0 radical (unpaired) electrons. The van der Waals surface area contributed by atoms with Crippen molar-refractivity contribution >= 4 is 0 Å². The van der Waals surface area contributed by atoms with Crippen LogP contribution in [0.25, 0.3) is 0 Å². The lowest BCUT2D eigenvalue weighted by Crippen LogP contribution is -2.50. The van der Waals surface area contributed by atoms with E-state index in [4.69, 9.17) is 4.74 Å². The second kappa shape index (κ2) is 7.21. The molecule has 1 unspecified atom stereocenters. The van der Waals surface area contributed by atoms with E-state index in [1.54, 1.807) is 0 Å². The van der Waals surface area contributed by atoms with Crippen molar-refractivity contribution in [2.45, 2.75) is 39.7 Å². The zero-order valence-electron chi connectivity index (χ0n) is 9.97. The molecule has 0 aliphatic rings. The number of hydrogen-bond acceptors (Lipinski definition) is 3. The first-order valence-corrected chi connectivity index (χ1v) is 5.47. The van der Waals surface area contributed by atoms with E-state index in [9.17, 15) is 5.11 Å². The molecule has 0 rings (SSSR count). The Hall–Kier alpha value is -0.120. The van der Waals surface area contributed by atoms with Gasteiger partial charge in [-0.2, -0.15) is 0 Å². The summed E-state index contributed by atoms with van der Waals surface area (Å²) >= 11 is 0. The van der Waals surface area contributed by atoms with Crippen molar-refractivity contribution in [2.24, 2.45) is 5.92 Å². The normalized spacial score (nSPS) is 15.9. The van der Waals surface area contributed by atoms with Gasteiger partial charge in [0.2, 0.25) is 0 Å². The summed E-state index contributed by atoms with van der Waals surface area (Å²) < 4.78 is 5.53. The summed E-state index contributed by atoms with van der Waals surface area (Å²) in [6.45, 7) is 10.7. The number of hydrogen-bond donors (Lipinski definition) is 2. The fraction of sp³-hybridized carbons (Fsp3) is 1.00. The molecule has 0 amide bonds. The van der Waals surface area contributed by atoms with Gasteiger partial charge in [-0.25, -0.2) is 0 Å². The summed E-state index contributed by atoms with van der Waals surface area (Å²) in [6, 6.07) is 0. The summed E-state index contributed by atoms with van der Waals surface area (Å²) in [5, 5.41) is 12.5. The van der Waals surface area contributed by atoms with Crippen LogP contribution < -0.4 is 5.32 Å². The van der Waals surface area contributed by atoms with E-state index in [0.717, 1.165) is 19.6 Å². The largest absolute Gasteiger partial charge is 0.394 e. The lowest BCUT2D eigenvalue weighted by Gasteiger charge is -2.28. The number of rotatable bonds is 8. The Morgan fingerprint density at radius 1 is 1.43 bits per heavy atom. The zero-order valence-corrected chi connectivity index (χ0v) is 9.97. The highest BCUT2D eigenvalue weighted by atomic mass is 16.5. The molecule has 0 aromatic carbocycles. The Morgan fingerprint density at radius 2 is 2.07 bits per heavy atom. The van der Waals surface area contributed by atoms with Gasteiger partial charge in [0.1, 0.15) is 0 Å². The second-order valence-electron chi connectivity index (χ2n) is 4.55. The van der Waals surface area contributed by atoms with E-state index in [1.165, 1.54) is 0 Å². The summed E-state index contributed by atoms with van der Waals surface area (Å²) in [4.78, 5) is 0. The lowest BCUT2D eigenvalue weighted by atomic mass is 10.1.